The van der Waals surface area contributed by atoms with Crippen LogP contribution in [0.1, 0.15) is 44.1 Å². The number of halogens is 1. The lowest BCUT2D eigenvalue weighted by Gasteiger charge is -2.33. The van der Waals surface area contributed by atoms with E-state index in [1.165, 1.54) is 6.07 Å². The van der Waals surface area contributed by atoms with E-state index in [1.807, 2.05) is 13.0 Å². The van der Waals surface area contributed by atoms with E-state index < -0.39 is 0 Å². The van der Waals surface area contributed by atoms with Crippen LogP contribution >= 0.6 is 0 Å². The van der Waals surface area contributed by atoms with E-state index in [1.54, 1.807) is 25.4 Å². The number of hydrogen-bond donors (Lipinski definition) is 0. The molecule has 1 fully saturated rings. The first kappa shape index (κ1) is 21.7. The molecule has 0 N–H and O–H groups in total. The summed E-state index contributed by atoms with van der Waals surface area (Å²) in [6.07, 6.45) is 5.54. The summed E-state index contributed by atoms with van der Waals surface area (Å²) in [5.74, 6) is -0.0892. The van der Waals surface area contributed by atoms with Gasteiger partial charge < -0.3 is 14.2 Å². The van der Waals surface area contributed by atoms with Gasteiger partial charge in [-0.3, -0.25) is 9.78 Å². The van der Waals surface area contributed by atoms with Gasteiger partial charge >= 0.3 is 5.97 Å². The lowest BCUT2D eigenvalue weighted by Crippen LogP contribution is -2.33. The molecular formula is C23H30FNO4. The summed E-state index contributed by atoms with van der Waals surface area (Å²) in [7, 11) is 1.63. The Hall–Kier alpha value is -2.05. The molecule has 0 bridgehead atoms. The Labute approximate surface area is 171 Å². The fourth-order valence-electron chi connectivity index (χ4n) is 4.33. The molecule has 1 aliphatic carbocycles. The van der Waals surface area contributed by atoms with Crippen molar-refractivity contribution in [3.63, 3.8) is 0 Å². The summed E-state index contributed by atoms with van der Waals surface area (Å²) in [6, 6.07) is 6.76. The topological polar surface area (TPSA) is 57.7 Å². The molecule has 1 saturated carbocycles. The molecule has 0 radical (unpaired) electrons. The number of aromatic nitrogens is 1. The Morgan fingerprint density at radius 2 is 2.00 bits per heavy atom. The van der Waals surface area contributed by atoms with Crippen LogP contribution in [0.2, 0.25) is 0 Å². The number of methoxy groups -OCH3 is 1. The van der Waals surface area contributed by atoms with Crippen LogP contribution in [0.15, 0.2) is 30.5 Å². The van der Waals surface area contributed by atoms with Gasteiger partial charge in [-0.15, -0.1) is 0 Å². The molecular weight excluding hydrogens is 373 g/mol. The average Bonchev–Trinajstić information content (AvgIpc) is 2.74. The van der Waals surface area contributed by atoms with E-state index >= 15 is 0 Å². The monoisotopic (exact) mass is 403 g/mol. The number of carbonyl (C=O) groups excluding carboxylic acids is 1. The first-order chi connectivity index (χ1) is 14.1. The van der Waals surface area contributed by atoms with Crippen LogP contribution < -0.4 is 0 Å². The SMILES string of the molecule is CCOC(=O)C(COCCOC)C1CCC(c2ccnc3ccc(F)cc23)CC1. The maximum absolute atomic E-state index is 13.8. The number of pyridine rings is 1. The molecule has 0 aliphatic heterocycles. The highest BCUT2D eigenvalue weighted by atomic mass is 19.1. The summed E-state index contributed by atoms with van der Waals surface area (Å²) < 4.78 is 29.8. The molecule has 6 heteroatoms. The number of esters is 1. The van der Waals surface area contributed by atoms with Crippen molar-refractivity contribution in [1.29, 1.82) is 0 Å². The molecule has 5 nitrogen and oxygen atoms in total. The van der Waals surface area contributed by atoms with Crippen molar-refractivity contribution in [3.8, 4) is 0 Å². The van der Waals surface area contributed by atoms with E-state index in [0.29, 0.717) is 32.3 Å². The Bertz CT molecular complexity index is 805. The predicted molar refractivity (Wildman–Crippen MR) is 109 cm³/mol. The third kappa shape index (κ3) is 5.52. The number of carbonyl (C=O) groups is 1. The largest absolute Gasteiger partial charge is 0.466 e. The molecule has 2 aromatic rings. The summed E-state index contributed by atoms with van der Waals surface area (Å²) in [5, 5.41) is 0.890. The van der Waals surface area contributed by atoms with Gasteiger partial charge in [0.15, 0.2) is 0 Å². The van der Waals surface area contributed by atoms with Crippen molar-refractivity contribution < 1.29 is 23.4 Å². The number of fused-ring (bicyclic) bond motifs is 1. The normalized spacial score (nSPS) is 20.5. The summed E-state index contributed by atoms with van der Waals surface area (Å²) >= 11 is 0. The van der Waals surface area contributed by atoms with Gasteiger partial charge in [0.1, 0.15) is 5.82 Å². The van der Waals surface area contributed by atoms with Crippen molar-refractivity contribution in [1.82, 2.24) is 4.98 Å². The van der Waals surface area contributed by atoms with Gasteiger partial charge in [-0.05, 0) is 74.3 Å². The van der Waals surface area contributed by atoms with Crippen LogP contribution in [-0.2, 0) is 19.0 Å². The van der Waals surface area contributed by atoms with Crippen LogP contribution in [0.4, 0.5) is 4.39 Å². The second-order valence-corrected chi connectivity index (χ2v) is 7.60. The number of nitrogens with zero attached hydrogens (tertiary/aromatic N) is 1. The highest BCUT2D eigenvalue weighted by Gasteiger charge is 2.34. The maximum atomic E-state index is 13.8. The smallest absolute Gasteiger partial charge is 0.311 e. The summed E-state index contributed by atoms with van der Waals surface area (Å²) in [5.41, 5.74) is 1.97. The number of ether oxygens (including phenoxy) is 3. The molecule has 0 spiro atoms. The van der Waals surface area contributed by atoms with Crippen LogP contribution in [0.3, 0.4) is 0 Å². The Morgan fingerprint density at radius 1 is 1.21 bits per heavy atom. The van der Waals surface area contributed by atoms with Crippen LogP contribution in [0, 0.1) is 17.7 Å². The summed E-state index contributed by atoms with van der Waals surface area (Å²) in [6.45, 7) is 3.54. The molecule has 1 heterocycles. The second-order valence-electron chi connectivity index (χ2n) is 7.60. The van der Waals surface area contributed by atoms with E-state index in [4.69, 9.17) is 14.2 Å². The van der Waals surface area contributed by atoms with Gasteiger partial charge in [-0.2, -0.15) is 0 Å². The molecule has 0 saturated heterocycles. The molecule has 1 unspecified atom stereocenters. The van der Waals surface area contributed by atoms with Gasteiger partial charge in [0.2, 0.25) is 0 Å². The number of rotatable bonds is 9. The quantitative estimate of drug-likeness (QED) is 0.456. The predicted octanol–water partition coefficient (Wildman–Crippen LogP) is 4.49. The van der Waals surface area contributed by atoms with E-state index in [-0.39, 0.29) is 23.6 Å². The van der Waals surface area contributed by atoms with E-state index in [2.05, 4.69) is 4.98 Å². The molecule has 158 valence electrons. The molecule has 0 amide bonds. The zero-order chi connectivity index (χ0) is 20.6. The van der Waals surface area contributed by atoms with Crippen molar-refractivity contribution in [2.75, 3.05) is 33.5 Å². The van der Waals surface area contributed by atoms with Gasteiger partial charge in [0.05, 0.1) is 37.9 Å². The highest BCUT2D eigenvalue weighted by molar-refractivity contribution is 5.82. The summed E-state index contributed by atoms with van der Waals surface area (Å²) in [4.78, 5) is 16.8. The number of benzene rings is 1. The van der Waals surface area contributed by atoms with Crippen molar-refractivity contribution in [2.24, 2.45) is 11.8 Å². The fourth-order valence-corrected chi connectivity index (χ4v) is 4.33. The van der Waals surface area contributed by atoms with Crippen LogP contribution in [-0.4, -0.2) is 44.5 Å². The third-order valence-corrected chi connectivity index (χ3v) is 5.84. The molecule has 3 rings (SSSR count). The average molecular weight is 403 g/mol. The molecule has 29 heavy (non-hydrogen) atoms. The first-order valence-electron chi connectivity index (χ1n) is 10.4. The second kappa shape index (κ2) is 10.6. The molecule has 1 aromatic heterocycles. The Kier molecular flexibility index (Phi) is 7.95. The highest BCUT2D eigenvalue weighted by Crippen LogP contribution is 2.41. The first-order valence-corrected chi connectivity index (χ1v) is 10.4. The minimum absolute atomic E-state index is 0.176. The zero-order valence-electron chi connectivity index (χ0n) is 17.2. The van der Waals surface area contributed by atoms with Gasteiger partial charge in [-0.25, -0.2) is 4.39 Å². The molecule has 1 aliphatic rings. The lowest BCUT2D eigenvalue weighted by atomic mass is 9.73. The molecule has 1 atom stereocenters. The minimum Gasteiger partial charge on any atom is -0.466 e. The van der Waals surface area contributed by atoms with E-state index in [9.17, 15) is 9.18 Å². The maximum Gasteiger partial charge on any atom is 0.311 e. The van der Waals surface area contributed by atoms with Gasteiger partial charge in [-0.1, -0.05) is 0 Å². The van der Waals surface area contributed by atoms with Crippen LogP contribution in [0.5, 0.6) is 0 Å². The van der Waals surface area contributed by atoms with Gasteiger partial charge in [0, 0.05) is 18.7 Å². The lowest BCUT2D eigenvalue weighted by molar-refractivity contribution is -0.153. The number of hydrogen-bond acceptors (Lipinski definition) is 5. The standard InChI is InChI=1S/C23H30FNO4/c1-3-29-23(26)21(15-28-13-12-27-2)17-6-4-16(5-7-17)19-10-11-25-22-9-8-18(24)14-20(19)22/h8-11,14,16-17,21H,3-7,12-13,15H2,1-2H3. The van der Waals surface area contributed by atoms with Crippen molar-refractivity contribution >= 4 is 16.9 Å². The minimum atomic E-state index is -0.251. The molecule has 1 aromatic carbocycles. The van der Waals surface area contributed by atoms with E-state index in [0.717, 1.165) is 42.1 Å². The van der Waals surface area contributed by atoms with Crippen molar-refractivity contribution in [3.05, 3.63) is 41.8 Å². The fraction of sp³-hybridized carbons (Fsp3) is 0.565. The zero-order valence-corrected chi connectivity index (χ0v) is 17.2. The Morgan fingerprint density at radius 3 is 2.72 bits per heavy atom. The third-order valence-electron chi connectivity index (χ3n) is 5.84. The Balaban J connectivity index is 1.67. The van der Waals surface area contributed by atoms with Crippen molar-refractivity contribution in [2.45, 2.75) is 38.5 Å². The van der Waals surface area contributed by atoms with Gasteiger partial charge in [0.25, 0.3) is 0 Å². The van der Waals surface area contributed by atoms with Crippen LogP contribution in [0.25, 0.3) is 10.9 Å².